The first kappa shape index (κ1) is 19.9. The summed E-state index contributed by atoms with van der Waals surface area (Å²) in [6.45, 7) is 4.47. The molecule has 0 fully saturated rings. The normalized spacial score (nSPS) is 10.9. The van der Waals surface area contributed by atoms with E-state index in [0.717, 1.165) is 16.6 Å². The summed E-state index contributed by atoms with van der Waals surface area (Å²) in [7, 11) is 0. The average Bonchev–Trinajstić information content (AvgIpc) is 3.19. The largest absolute Gasteiger partial charge is 0.492 e. The summed E-state index contributed by atoms with van der Waals surface area (Å²) in [5.74, 6) is 0.731. The summed E-state index contributed by atoms with van der Waals surface area (Å²) in [5, 5.41) is 8.93. The molecule has 7 nitrogen and oxygen atoms in total. The lowest BCUT2D eigenvalue weighted by Crippen LogP contribution is -2.15. The molecule has 0 unspecified atom stereocenters. The van der Waals surface area contributed by atoms with Gasteiger partial charge in [-0.15, -0.1) is 0 Å². The predicted molar refractivity (Wildman–Crippen MR) is 118 cm³/mol. The Labute approximate surface area is 178 Å². The van der Waals surface area contributed by atoms with Crippen LogP contribution in [0.25, 0.3) is 16.7 Å². The van der Waals surface area contributed by atoms with Crippen LogP contribution in [-0.4, -0.2) is 38.0 Å². The smallest absolute Gasteiger partial charge is 0.234 e. The molecule has 0 saturated carbocycles. The molecule has 0 aliphatic rings. The Bertz CT molecular complexity index is 1190. The van der Waals surface area contributed by atoms with E-state index in [2.05, 4.69) is 20.4 Å². The molecule has 0 radical (unpaired) electrons. The maximum Gasteiger partial charge on any atom is 0.234 e. The van der Waals surface area contributed by atoms with E-state index in [1.54, 1.807) is 10.9 Å². The number of aromatic nitrogens is 4. The molecule has 2 aromatic heterocycles. The Kier molecular flexibility index (Phi) is 5.94. The van der Waals surface area contributed by atoms with Gasteiger partial charge >= 0.3 is 0 Å². The Morgan fingerprint density at radius 3 is 2.77 bits per heavy atom. The van der Waals surface area contributed by atoms with Gasteiger partial charge < -0.3 is 10.1 Å². The lowest BCUT2D eigenvalue weighted by atomic mass is 10.2. The number of anilines is 1. The second-order valence-corrected chi connectivity index (χ2v) is 7.49. The second-order valence-electron chi connectivity index (χ2n) is 6.52. The summed E-state index contributed by atoms with van der Waals surface area (Å²) in [6.07, 6.45) is 3.25. The lowest BCUT2D eigenvalue weighted by Gasteiger charge is -2.11. The number of ether oxygens (including phenoxy) is 1. The van der Waals surface area contributed by atoms with Gasteiger partial charge in [-0.1, -0.05) is 42.1 Å². The number of hydrogen-bond acceptors (Lipinski definition) is 6. The van der Waals surface area contributed by atoms with E-state index in [9.17, 15) is 4.79 Å². The van der Waals surface area contributed by atoms with Crippen molar-refractivity contribution in [1.82, 2.24) is 19.7 Å². The van der Waals surface area contributed by atoms with Crippen LogP contribution in [-0.2, 0) is 4.79 Å². The molecular formula is C22H21N5O2S. The van der Waals surface area contributed by atoms with Crippen LogP contribution in [0.5, 0.6) is 5.75 Å². The quantitative estimate of drug-likeness (QED) is 0.356. The topological polar surface area (TPSA) is 81.9 Å². The number of rotatable bonds is 7. The van der Waals surface area contributed by atoms with Gasteiger partial charge in [0.2, 0.25) is 5.91 Å². The van der Waals surface area contributed by atoms with Gasteiger partial charge in [-0.05, 0) is 37.6 Å². The van der Waals surface area contributed by atoms with Crippen molar-refractivity contribution >= 4 is 34.4 Å². The summed E-state index contributed by atoms with van der Waals surface area (Å²) >= 11 is 1.35. The first-order chi connectivity index (χ1) is 14.7. The van der Waals surface area contributed by atoms with Crippen molar-refractivity contribution < 1.29 is 9.53 Å². The lowest BCUT2D eigenvalue weighted by molar-refractivity contribution is -0.113. The molecule has 30 heavy (non-hydrogen) atoms. The third-order valence-electron chi connectivity index (χ3n) is 4.47. The molecule has 0 spiro atoms. The zero-order chi connectivity index (χ0) is 20.9. The van der Waals surface area contributed by atoms with Crippen molar-refractivity contribution in [1.29, 1.82) is 0 Å². The van der Waals surface area contributed by atoms with Gasteiger partial charge in [-0.2, -0.15) is 5.10 Å². The summed E-state index contributed by atoms with van der Waals surface area (Å²) in [5.41, 5.74) is 3.43. The number of benzene rings is 2. The van der Waals surface area contributed by atoms with Crippen molar-refractivity contribution in [2.45, 2.75) is 18.9 Å². The van der Waals surface area contributed by atoms with E-state index >= 15 is 0 Å². The van der Waals surface area contributed by atoms with E-state index in [1.807, 2.05) is 62.4 Å². The van der Waals surface area contributed by atoms with Crippen LogP contribution in [0, 0.1) is 6.92 Å². The number of para-hydroxylation sites is 3. The van der Waals surface area contributed by atoms with Gasteiger partial charge in [0.15, 0.2) is 5.65 Å². The number of hydrogen-bond donors (Lipinski definition) is 1. The number of amides is 1. The van der Waals surface area contributed by atoms with Crippen molar-refractivity contribution in [3.05, 3.63) is 66.6 Å². The zero-order valence-electron chi connectivity index (χ0n) is 16.7. The molecular weight excluding hydrogens is 398 g/mol. The van der Waals surface area contributed by atoms with Crippen molar-refractivity contribution in [3.8, 4) is 11.4 Å². The number of aryl methyl sites for hydroxylation is 1. The van der Waals surface area contributed by atoms with Gasteiger partial charge in [0.1, 0.15) is 17.1 Å². The molecule has 4 rings (SSSR count). The van der Waals surface area contributed by atoms with Crippen LogP contribution in [0.3, 0.4) is 0 Å². The third kappa shape index (κ3) is 4.13. The number of thioether (sulfide) groups is 1. The van der Waals surface area contributed by atoms with E-state index in [-0.39, 0.29) is 11.7 Å². The first-order valence-corrected chi connectivity index (χ1v) is 10.5. The van der Waals surface area contributed by atoms with Gasteiger partial charge in [0, 0.05) is 0 Å². The number of fused-ring (bicyclic) bond motifs is 1. The third-order valence-corrected chi connectivity index (χ3v) is 5.48. The molecule has 152 valence electrons. The zero-order valence-corrected chi connectivity index (χ0v) is 17.5. The molecule has 2 aromatic carbocycles. The Balaban J connectivity index is 1.51. The average molecular weight is 420 g/mol. The fourth-order valence-electron chi connectivity index (χ4n) is 3.09. The standard InChI is InChI=1S/C22H21N5O2S/c1-3-29-19-11-7-5-9-17(19)26-20(28)13-30-22-16-12-25-27(21(16)23-14-24-22)18-10-6-4-8-15(18)2/h4-12,14H,3,13H2,1-2H3,(H,26,28). The molecule has 0 saturated heterocycles. The monoisotopic (exact) mass is 419 g/mol. The maximum atomic E-state index is 12.5. The maximum absolute atomic E-state index is 12.5. The Morgan fingerprint density at radius 2 is 1.93 bits per heavy atom. The van der Waals surface area contributed by atoms with Gasteiger partial charge in [-0.25, -0.2) is 14.6 Å². The van der Waals surface area contributed by atoms with Crippen molar-refractivity contribution in [2.24, 2.45) is 0 Å². The van der Waals surface area contributed by atoms with E-state index in [4.69, 9.17) is 4.74 Å². The first-order valence-electron chi connectivity index (χ1n) is 9.56. The molecule has 4 aromatic rings. The fraction of sp³-hybridized carbons (Fsp3) is 0.182. The highest BCUT2D eigenvalue weighted by Crippen LogP contribution is 2.28. The van der Waals surface area contributed by atoms with Gasteiger partial charge in [-0.3, -0.25) is 4.79 Å². The van der Waals surface area contributed by atoms with E-state index in [1.165, 1.54) is 18.1 Å². The molecule has 8 heteroatoms. The minimum absolute atomic E-state index is 0.134. The van der Waals surface area contributed by atoms with Crippen LogP contribution < -0.4 is 10.1 Å². The number of carbonyl (C=O) groups excluding carboxylic acids is 1. The number of nitrogens with one attached hydrogen (secondary N) is 1. The summed E-state index contributed by atoms with van der Waals surface area (Å²) in [6, 6.07) is 15.4. The molecule has 0 bridgehead atoms. The number of nitrogens with zero attached hydrogens (tertiary/aromatic N) is 4. The van der Waals surface area contributed by atoms with Crippen LogP contribution in [0.2, 0.25) is 0 Å². The van der Waals surface area contributed by atoms with Gasteiger partial charge in [0.05, 0.1) is 35.3 Å². The summed E-state index contributed by atoms with van der Waals surface area (Å²) < 4.78 is 7.36. The molecule has 0 atom stereocenters. The highest BCUT2D eigenvalue weighted by atomic mass is 32.2. The highest BCUT2D eigenvalue weighted by Gasteiger charge is 2.14. The molecule has 2 heterocycles. The van der Waals surface area contributed by atoms with E-state index in [0.29, 0.717) is 28.7 Å². The van der Waals surface area contributed by atoms with Crippen LogP contribution in [0.4, 0.5) is 5.69 Å². The molecule has 0 aliphatic heterocycles. The van der Waals surface area contributed by atoms with Crippen molar-refractivity contribution in [2.75, 3.05) is 17.7 Å². The van der Waals surface area contributed by atoms with Crippen LogP contribution in [0.15, 0.2) is 66.1 Å². The van der Waals surface area contributed by atoms with Crippen LogP contribution in [0.1, 0.15) is 12.5 Å². The number of carbonyl (C=O) groups is 1. The van der Waals surface area contributed by atoms with E-state index < -0.39 is 0 Å². The molecule has 1 amide bonds. The predicted octanol–water partition coefficient (Wildman–Crippen LogP) is 4.25. The molecule has 1 N–H and O–H groups in total. The molecule has 0 aliphatic carbocycles. The fourth-order valence-corrected chi connectivity index (χ4v) is 3.85. The minimum Gasteiger partial charge on any atom is -0.492 e. The highest BCUT2D eigenvalue weighted by molar-refractivity contribution is 8.00. The Morgan fingerprint density at radius 1 is 1.13 bits per heavy atom. The second kappa shape index (κ2) is 8.96. The summed E-state index contributed by atoms with van der Waals surface area (Å²) in [4.78, 5) is 21.3. The SMILES string of the molecule is CCOc1ccccc1NC(=O)CSc1ncnc2c1cnn2-c1ccccc1C. The van der Waals surface area contributed by atoms with Gasteiger partial charge in [0.25, 0.3) is 0 Å². The van der Waals surface area contributed by atoms with Crippen LogP contribution >= 0.6 is 11.8 Å². The minimum atomic E-state index is -0.134. The van der Waals surface area contributed by atoms with Crippen molar-refractivity contribution in [3.63, 3.8) is 0 Å². The Hall–Kier alpha value is -3.39.